The summed E-state index contributed by atoms with van der Waals surface area (Å²) in [7, 11) is 0. The number of carbonyl (C=O) groups excluding carboxylic acids is 1. The first-order valence-corrected chi connectivity index (χ1v) is 4.98. The number of hydrogen-bond acceptors (Lipinski definition) is 2. The average Bonchev–Trinajstić information content (AvgIpc) is 2.29. The standard InChI is InChI=1S/C9H9NO.C2HF3O2/c11-9-8-4-2-1-3-7(8)5-6-10-9;3-2(4,5)1(6)7/h1-4H,5-6H2,(H,10,11);(H,6,7). The van der Waals surface area contributed by atoms with Crippen LogP contribution in [0.4, 0.5) is 13.2 Å². The molecule has 0 aromatic heterocycles. The monoisotopic (exact) mass is 261 g/mol. The van der Waals surface area contributed by atoms with Gasteiger partial charge in [0.15, 0.2) is 0 Å². The second kappa shape index (κ2) is 5.52. The molecule has 0 aliphatic carbocycles. The molecular formula is C11H10F3NO3. The molecule has 2 N–H and O–H groups in total. The van der Waals surface area contributed by atoms with Gasteiger partial charge in [-0.3, -0.25) is 4.79 Å². The van der Waals surface area contributed by atoms with E-state index in [1.165, 1.54) is 0 Å². The van der Waals surface area contributed by atoms with Crippen LogP contribution in [0.25, 0.3) is 0 Å². The second-order valence-corrected chi connectivity index (χ2v) is 3.47. The van der Waals surface area contributed by atoms with Crippen molar-refractivity contribution in [3.05, 3.63) is 35.4 Å². The molecule has 2 rings (SSSR count). The quantitative estimate of drug-likeness (QED) is 0.745. The van der Waals surface area contributed by atoms with Gasteiger partial charge >= 0.3 is 12.1 Å². The number of carbonyl (C=O) groups is 2. The highest BCUT2D eigenvalue weighted by atomic mass is 19.4. The Bertz CT molecular complexity index is 457. The van der Waals surface area contributed by atoms with Crippen molar-refractivity contribution in [2.45, 2.75) is 12.6 Å². The molecule has 4 nitrogen and oxygen atoms in total. The third-order valence-corrected chi connectivity index (χ3v) is 2.18. The fourth-order valence-corrected chi connectivity index (χ4v) is 1.37. The van der Waals surface area contributed by atoms with Crippen molar-refractivity contribution in [2.75, 3.05) is 6.54 Å². The van der Waals surface area contributed by atoms with Gasteiger partial charge in [0.25, 0.3) is 5.91 Å². The summed E-state index contributed by atoms with van der Waals surface area (Å²) in [5.41, 5.74) is 2.00. The fourth-order valence-electron chi connectivity index (χ4n) is 1.37. The minimum atomic E-state index is -5.08. The molecule has 0 saturated heterocycles. The zero-order chi connectivity index (χ0) is 13.8. The van der Waals surface area contributed by atoms with Crippen molar-refractivity contribution in [3.8, 4) is 0 Å². The summed E-state index contributed by atoms with van der Waals surface area (Å²) in [4.78, 5) is 20.1. The number of carboxylic acids is 1. The Morgan fingerprint density at radius 1 is 1.28 bits per heavy atom. The van der Waals surface area contributed by atoms with Crippen molar-refractivity contribution in [2.24, 2.45) is 0 Å². The van der Waals surface area contributed by atoms with E-state index in [0.29, 0.717) is 0 Å². The number of halogens is 3. The van der Waals surface area contributed by atoms with Gasteiger partial charge in [-0.2, -0.15) is 13.2 Å². The Labute approximate surface area is 100 Å². The van der Waals surface area contributed by atoms with E-state index in [9.17, 15) is 18.0 Å². The molecular weight excluding hydrogens is 251 g/mol. The summed E-state index contributed by atoms with van der Waals surface area (Å²) < 4.78 is 31.7. The van der Waals surface area contributed by atoms with Crippen LogP contribution in [-0.4, -0.2) is 29.7 Å². The van der Waals surface area contributed by atoms with Crippen molar-refractivity contribution < 1.29 is 27.9 Å². The van der Waals surface area contributed by atoms with Crippen LogP contribution in [0, 0.1) is 0 Å². The number of nitrogens with one attached hydrogen (secondary N) is 1. The topological polar surface area (TPSA) is 66.4 Å². The molecule has 0 spiro atoms. The number of alkyl halides is 3. The summed E-state index contributed by atoms with van der Waals surface area (Å²) in [6.07, 6.45) is -4.12. The van der Waals surface area contributed by atoms with Crippen LogP contribution in [0.5, 0.6) is 0 Å². The molecule has 98 valence electrons. The van der Waals surface area contributed by atoms with Crippen LogP contribution in [0.3, 0.4) is 0 Å². The average molecular weight is 261 g/mol. The number of hydrogen-bond donors (Lipinski definition) is 2. The maximum atomic E-state index is 11.2. The normalized spacial score (nSPS) is 13.8. The molecule has 18 heavy (non-hydrogen) atoms. The van der Waals surface area contributed by atoms with Gasteiger partial charge in [0.1, 0.15) is 0 Å². The first kappa shape index (κ1) is 14.0. The molecule has 1 heterocycles. The third-order valence-electron chi connectivity index (χ3n) is 2.18. The summed E-state index contributed by atoms with van der Waals surface area (Å²) in [5.74, 6) is -2.70. The van der Waals surface area contributed by atoms with E-state index < -0.39 is 12.1 Å². The molecule has 1 aliphatic rings. The molecule has 0 radical (unpaired) electrons. The molecule has 0 saturated carbocycles. The smallest absolute Gasteiger partial charge is 0.475 e. The largest absolute Gasteiger partial charge is 0.490 e. The van der Waals surface area contributed by atoms with Gasteiger partial charge in [-0.05, 0) is 18.1 Å². The highest BCUT2D eigenvalue weighted by Gasteiger charge is 2.38. The van der Waals surface area contributed by atoms with Crippen molar-refractivity contribution in [1.29, 1.82) is 0 Å². The van der Waals surface area contributed by atoms with Crippen LogP contribution in [0.1, 0.15) is 15.9 Å². The van der Waals surface area contributed by atoms with E-state index in [4.69, 9.17) is 9.90 Å². The third kappa shape index (κ3) is 3.76. The first-order chi connectivity index (χ1) is 8.32. The minimum Gasteiger partial charge on any atom is -0.475 e. The van der Waals surface area contributed by atoms with Gasteiger partial charge in [0.2, 0.25) is 0 Å². The van der Waals surface area contributed by atoms with Gasteiger partial charge in [-0.1, -0.05) is 18.2 Å². The van der Waals surface area contributed by atoms with Crippen molar-refractivity contribution in [1.82, 2.24) is 5.32 Å². The van der Waals surface area contributed by atoms with E-state index in [1.54, 1.807) is 0 Å². The molecule has 1 amide bonds. The fraction of sp³-hybridized carbons (Fsp3) is 0.273. The second-order valence-electron chi connectivity index (χ2n) is 3.47. The van der Waals surface area contributed by atoms with Crippen LogP contribution < -0.4 is 5.32 Å². The van der Waals surface area contributed by atoms with E-state index in [2.05, 4.69) is 5.32 Å². The summed E-state index contributed by atoms with van der Waals surface area (Å²) >= 11 is 0. The summed E-state index contributed by atoms with van der Waals surface area (Å²) in [6, 6.07) is 7.74. The SMILES string of the molecule is O=C(O)C(F)(F)F.O=C1NCCc2ccccc21. The summed E-state index contributed by atoms with van der Waals surface area (Å²) in [5, 5.41) is 9.92. The number of rotatable bonds is 0. The first-order valence-electron chi connectivity index (χ1n) is 4.98. The number of aliphatic carboxylic acids is 1. The molecule has 1 aromatic carbocycles. The van der Waals surface area contributed by atoms with E-state index in [-0.39, 0.29) is 5.91 Å². The van der Waals surface area contributed by atoms with Crippen LogP contribution >= 0.6 is 0 Å². The van der Waals surface area contributed by atoms with Crippen LogP contribution in [0.2, 0.25) is 0 Å². The Morgan fingerprint density at radius 3 is 2.33 bits per heavy atom. The molecule has 0 atom stereocenters. The lowest BCUT2D eigenvalue weighted by Gasteiger charge is -2.15. The Morgan fingerprint density at radius 2 is 1.83 bits per heavy atom. The highest BCUT2D eigenvalue weighted by molar-refractivity contribution is 5.96. The number of fused-ring (bicyclic) bond motifs is 1. The Kier molecular flexibility index (Phi) is 4.30. The lowest BCUT2D eigenvalue weighted by molar-refractivity contribution is -0.192. The molecule has 0 unspecified atom stereocenters. The number of amides is 1. The minimum absolute atomic E-state index is 0.0619. The maximum absolute atomic E-state index is 11.2. The number of benzene rings is 1. The molecule has 0 bridgehead atoms. The van der Waals surface area contributed by atoms with Crippen molar-refractivity contribution in [3.63, 3.8) is 0 Å². The van der Waals surface area contributed by atoms with Gasteiger partial charge < -0.3 is 10.4 Å². The van der Waals surface area contributed by atoms with Crippen LogP contribution in [0.15, 0.2) is 24.3 Å². The van der Waals surface area contributed by atoms with Gasteiger partial charge in [0.05, 0.1) is 0 Å². The maximum Gasteiger partial charge on any atom is 0.490 e. The van der Waals surface area contributed by atoms with E-state index in [0.717, 1.165) is 24.1 Å². The molecule has 1 aliphatic heterocycles. The van der Waals surface area contributed by atoms with Gasteiger partial charge in [-0.15, -0.1) is 0 Å². The van der Waals surface area contributed by atoms with Gasteiger partial charge in [-0.25, -0.2) is 4.79 Å². The number of carboxylic acid groups (broad SMARTS) is 1. The molecule has 7 heteroatoms. The Hall–Kier alpha value is -2.05. The predicted molar refractivity (Wildman–Crippen MR) is 56.2 cm³/mol. The van der Waals surface area contributed by atoms with Crippen molar-refractivity contribution >= 4 is 11.9 Å². The zero-order valence-corrected chi connectivity index (χ0v) is 9.12. The van der Waals surface area contributed by atoms with E-state index in [1.807, 2.05) is 24.3 Å². The molecule has 1 aromatic rings. The lowest BCUT2D eigenvalue weighted by Crippen LogP contribution is -2.31. The van der Waals surface area contributed by atoms with Gasteiger partial charge in [0, 0.05) is 12.1 Å². The molecule has 0 fully saturated rings. The van der Waals surface area contributed by atoms with Crippen LogP contribution in [-0.2, 0) is 11.2 Å². The predicted octanol–water partition coefficient (Wildman–Crippen LogP) is 1.61. The van der Waals surface area contributed by atoms with E-state index >= 15 is 0 Å². The summed E-state index contributed by atoms with van der Waals surface area (Å²) in [6.45, 7) is 0.774. The lowest BCUT2D eigenvalue weighted by atomic mass is 10.0. The Balaban J connectivity index is 0.000000203. The zero-order valence-electron chi connectivity index (χ0n) is 9.12. The highest BCUT2D eigenvalue weighted by Crippen LogP contribution is 2.13.